The lowest BCUT2D eigenvalue weighted by molar-refractivity contribution is 0.619. The second-order valence-corrected chi connectivity index (χ2v) is 5.13. The van der Waals surface area contributed by atoms with Gasteiger partial charge in [-0.2, -0.15) is 0 Å². The van der Waals surface area contributed by atoms with Gasteiger partial charge in [0.15, 0.2) is 0 Å². The van der Waals surface area contributed by atoms with E-state index in [1.54, 1.807) is 11.3 Å². The molecule has 0 saturated heterocycles. The second kappa shape index (κ2) is 2.19. The predicted molar refractivity (Wildman–Crippen MR) is 53.5 cm³/mol. The van der Waals surface area contributed by atoms with E-state index in [4.69, 9.17) is 0 Å². The molecule has 0 aromatic carbocycles. The summed E-state index contributed by atoms with van der Waals surface area (Å²) in [6, 6.07) is 0. The molecular formula is C10H13NS. The molecule has 0 radical (unpaired) electrons. The largest absolute Gasteiger partial charge is 0.245 e. The van der Waals surface area contributed by atoms with Crippen molar-refractivity contribution in [3.63, 3.8) is 0 Å². The van der Waals surface area contributed by atoms with Crippen molar-refractivity contribution in [1.29, 1.82) is 0 Å². The van der Waals surface area contributed by atoms with E-state index < -0.39 is 0 Å². The minimum Gasteiger partial charge on any atom is -0.245 e. The van der Waals surface area contributed by atoms with Crippen LogP contribution in [0.15, 0.2) is 5.57 Å². The number of fused-ring (bicyclic) bond motifs is 1. The molecule has 0 bridgehead atoms. The Morgan fingerprint density at radius 1 is 1.33 bits per heavy atom. The van der Waals surface area contributed by atoms with Gasteiger partial charge >= 0.3 is 0 Å². The molecular weight excluding hydrogens is 166 g/mol. The lowest BCUT2D eigenvalue weighted by Gasteiger charge is -2.19. The molecule has 0 saturated carbocycles. The summed E-state index contributed by atoms with van der Waals surface area (Å²) in [5.41, 5.74) is 2.86. The van der Waals surface area contributed by atoms with Crippen molar-refractivity contribution >= 4 is 17.4 Å². The average molecular weight is 179 g/mol. The van der Waals surface area contributed by atoms with Crippen LogP contribution in [0.3, 0.4) is 0 Å². The van der Waals surface area contributed by atoms with Crippen LogP contribution in [-0.4, -0.2) is 4.98 Å². The second-order valence-electron chi connectivity index (χ2n) is 3.90. The fourth-order valence-electron chi connectivity index (χ4n) is 1.55. The Morgan fingerprint density at radius 2 is 2.00 bits per heavy atom. The molecule has 2 heteroatoms. The number of hydrogen-bond donors (Lipinski definition) is 0. The van der Waals surface area contributed by atoms with Gasteiger partial charge in [-0.15, -0.1) is 11.3 Å². The summed E-state index contributed by atoms with van der Waals surface area (Å²) in [5.74, 6) is 0. The van der Waals surface area contributed by atoms with Gasteiger partial charge in [-0.3, -0.25) is 0 Å². The van der Waals surface area contributed by atoms with Crippen molar-refractivity contribution in [2.75, 3.05) is 0 Å². The highest BCUT2D eigenvalue weighted by molar-refractivity contribution is 7.12. The van der Waals surface area contributed by atoms with Crippen molar-refractivity contribution in [2.24, 2.45) is 0 Å². The molecule has 1 aromatic heterocycles. The summed E-state index contributed by atoms with van der Waals surface area (Å²) in [6.45, 7) is 8.74. The zero-order valence-corrected chi connectivity index (χ0v) is 8.75. The summed E-state index contributed by atoms with van der Waals surface area (Å²) in [5, 5.41) is 1.18. The summed E-state index contributed by atoms with van der Waals surface area (Å²) in [4.78, 5) is 5.92. The van der Waals surface area contributed by atoms with Crippen LogP contribution in [0.2, 0.25) is 0 Å². The topological polar surface area (TPSA) is 12.9 Å². The highest BCUT2D eigenvalue weighted by Crippen LogP contribution is 2.42. The third-order valence-corrected chi connectivity index (χ3v) is 3.60. The SMILES string of the molecule is CC1=Cc2sc(C)nc2C1(C)C. The monoisotopic (exact) mass is 179 g/mol. The molecule has 0 amide bonds. The van der Waals surface area contributed by atoms with Crippen LogP contribution in [0, 0.1) is 6.92 Å². The summed E-state index contributed by atoms with van der Waals surface area (Å²) >= 11 is 1.80. The molecule has 1 heterocycles. The standard InChI is InChI=1S/C10H13NS/c1-6-5-8-9(10(6,3)4)11-7(2)12-8/h5H,1-4H3. The molecule has 2 rings (SSSR count). The van der Waals surface area contributed by atoms with Gasteiger partial charge in [0.2, 0.25) is 0 Å². The third kappa shape index (κ3) is 0.876. The van der Waals surface area contributed by atoms with Crippen molar-refractivity contribution in [3.05, 3.63) is 21.2 Å². The van der Waals surface area contributed by atoms with Gasteiger partial charge in [-0.05, 0) is 19.9 Å². The number of aryl methyl sites for hydroxylation is 1. The smallest absolute Gasteiger partial charge is 0.0904 e. The highest BCUT2D eigenvalue weighted by atomic mass is 32.1. The molecule has 1 aromatic rings. The predicted octanol–water partition coefficient (Wildman–Crippen LogP) is 3.15. The summed E-state index contributed by atoms with van der Waals surface area (Å²) in [6.07, 6.45) is 2.26. The number of rotatable bonds is 0. The minimum absolute atomic E-state index is 0.167. The third-order valence-electron chi connectivity index (χ3n) is 2.69. The quantitative estimate of drug-likeness (QED) is 0.596. The maximum Gasteiger partial charge on any atom is 0.0904 e. The van der Waals surface area contributed by atoms with Gasteiger partial charge in [0.1, 0.15) is 0 Å². The first-order chi connectivity index (χ1) is 5.51. The van der Waals surface area contributed by atoms with Gasteiger partial charge in [0, 0.05) is 5.41 Å². The number of allylic oxidation sites excluding steroid dienone is 1. The van der Waals surface area contributed by atoms with E-state index in [2.05, 4.69) is 38.8 Å². The van der Waals surface area contributed by atoms with Gasteiger partial charge in [-0.1, -0.05) is 19.4 Å². The molecule has 1 nitrogen and oxygen atoms in total. The first-order valence-electron chi connectivity index (χ1n) is 4.18. The van der Waals surface area contributed by atoms with Crippen molar-refractivity contribution < 1.29 is 0 Å². The fraction of sp³-hybridized carbons (Fsp3) is 0.500. The Bertz CT molecular complexity index is 358. The van der Waals surface area contributed by atoms with E-state index in [0.29, 0.717) is 0 Å². The van der Waals surface area contributed by atoms with Crippen LogP contribution < -0.4 is 0 Å². The molecule has 0 spiro atoms. The van der Waals surface area contributed by atoms with Gasteiger partial charge in [0.25, 0.3) is 0 Å². The maximum atomic E-state index is 4.56. The average Bonchev–Trinajstić information content (AvgIpc) is 2.38. The van der Waals surface area contributed by atoms with Crippen LogP contribution >= 0.6 is 11.3 Å². The molecule has 0 fully saturated rings. The van der Waals surface area contributed by atoms with Gasteiger partial charge in [0.05, 0.1) is 15.6 Å². The zero-order valence-electron chi connectivity index (χ0n) is 7.93. The van der Waals surface area contributed by atoms with E-state index in [0.717, 1.165) is 0 Å². The van der Waals surface area contributed by atoms with Crippen molar-refractivity contribution in [1.82, 2.24) is 4.98 Å². The van der Waals surface area contributed by atoms with E-state index in [1.165, 1.54) is 21.2 Å². The van der Waals surface area contributed by atoms with Crippen LogP contribution in [0.1, 0.15) is 36.3 Å². The molecule has 1 aliphatic rings. The first kappa shape index (κ1) is 7.99. The van der Waals surface area contributed by atoms with Crippen LogP contribution in [0.4, 0.5) is 0 Å². The van der Waals surface area contributed by atoms with E-state index in [1.807, 2.05) is 0 Å². The Hall–Kier alpha value is -0.630. The van der Waals surface area contributed by atoms with Gasteiger partial charge in [-0.25, -0.2) is 4.98 Å². The molecule has 64 valence electrons. The Morgan fingerprint density at radius 3 is 2.58 bits per heavy atom. The maximum absolute atomic E-state index is 4.56. The van der Waals surface area contributed by atoms with Crippen LogP contribution in [0.5, 0.6) is 0 Å². The van der Waals surface area contributed by atoms with Crippen LogP contribution in [-0.2, 0) is 5.41 Å². The number of hydrogen-bond acceptors (Lipinski definition) is 2. The Balaban J connectivity index is 2.64. The Labute approximate surface area is 77.2 Å². The summed E-state index contributed by atoms with van der Waals surface area (Å²) < 4.78 is 0. The van der Waals surface area contributed by atoms with Crippen molar-refractivity contribution in [2.45, 2.75) is 33.1 Å². The van der Waals surface area contributed by atoms with Crippen LogP contribution in [0.25, 0.3) is 6.08 Å². The normalized spacial score (nSPS) is 19.2. The van der Waals surface area contributed by atoms with E-state index in [-0.39, 0.29) is 5.41 Å². The minimum atomic E-state index is 0.167. The molecule has 0 aliphatic heterocycles. The molecule has 0 atom stereocenters. The van der Waals surface area contributed by atoms with Crippen molar-refractivity contribution in [3.8, 4) is 0 Å². The first-order valence-corrected chi connectivity index (χ1v) is 5.00. The molecule has 0 N–H and O–H groups in total. The number of nitrogens with zero attached hydrogens (tertiary/aromatic N) is 1. The molecule has 1 aliphatic carbocycles. The fourth-order valence-corrected chi connectivity index (χ4v) is 2.64. The van der Waals surface area contributed by atoms with E-state index >= 15 is 0 Å². The van der Waals surface area contributed by atoms with Gasteiger partial charge < -0.3 is 0 Å². The summed E-state index contributed by atoms with van der Waals surface area (Å²) in [7, 11) is 0. The lowest BCUT2D eigenvalue weighted by Crippen LogP contribution is -2.16. The Kier molecular flexibility index (Phi) is 1.46. The number of thiazole rings is 1. The highest BCUT2D eigenvalue weighted by Gasteiger charge is 2.33. The lowest BCUT2D eigenvalue weighted by atomic mass is 9.86. The number of aromatic nitrogens is 1. The zero-order chi connectivity index (χ0) is 8.93. The van der Waals surface area contributed by atoms with E-state index in [9.17, 15) is 0 Å². The molecule has 0 unspecified atom stereocenters. The molecule has 12 heavy (non-hydrogen) atoms.